The molecule has 4 rings (SSSR count). The topological polar surface area (TPSA) is 62.1 Å². The lowest BCUT2D eigenvalue weighted by molar-refractivity contribution is 0.138. The fraction of sp³-hybridized carbons (Fsp3) is 0.435. The van der Waals surface area contributed by atoms with Crippen molar-refractivity contribution >= 4 is 0 Å². The van der Waals surface area contributed by atoms with Crippen molar-refractivity contribution in [3.63, 3.8) is 0 Å². The van der Waals surface area contributed by atoms with Crippen molar-refractivity contribution in [2.45, 2.75) is 58.2 Å². The van der Waals surface area contributed by atoms with E-state index in [0.717, 1.165) is 48.6 Å². The number of ether oxygens (including phenoxy) is 2. The van der Waals surface area contributed by atoms with Gasteiger partial charge < -0.3 is 9.47 Å². The van der Waals surface area contributed by atoms with Crippen LogP contribution in [-0.2, 0) is 11.3 Å². The Kier molecular flexibility index (Phi) is 5.90. The first kappa shape index (κ1) is 19.6. The van der Waals surface area contributed by atoms with Gasteiger partial charge in [0.05, 0.1) is 0 Å². The molecular weight excluding hydrogens is 364 g/mol. The first-order valence-electron chi connectivity index (χ1n) is 10.2. The number of hydrogen-bond acceptors (Lipinski definition) is 5. The molecular formula is C23H28N4O2. The summed E-state index contributed by atoms with van der Waals surface area (Å²) in [5, 5.41) is 8.98. The van der Waals surface area contributed by atoms with Crippen LogP contribution in [-0.4, -0.2) is 33.0 Å². The minimum atomic E-state index is 0.204. The van der Waals surface area contributed by atoms with E-state index in [1.807, 2.05) is 25.3 Å². The van der Waals surface area contributed by atoms with Crippen LogP contribution in [0.3, 0.4) is 0 Å². The molecule has 1 aromatic carbocycles. The smallest absolute Gasteiger partial charge is 0.213 e. The van der Waals surface area contributed by atoms with Crippen LogP contribution in [0, 0.1) is 13.8 Å². The van der Waals surface area contributed by atoms with E-state index >= 15 is 0 Å². The zero-order chi connectivity index (χ0) is 20.2. The number of aryl methyl sites for hydroxylation is 2. The van der Waals surface area contributed by atoms with Gasteiger partial charge in [0.1, 0.15) is 18.5 Å². The molecule has 2 aromatic heterocycles. The average molecular weight is 393 g/mol. The van der Waals surface area contributed by atoms with Crippen LogP contribution in [0.4, 0.5) is 0 Å². The van der Waals surface area contributed by atoms with Crippen LogP contribution in [0.1, 0.15) is 54.4 Å². The van der Waals surface area contributed by atoms with Crippen LogP contribution >= 0.6 is 0 Å². The number of benzene rings is 1. The van der Waals surface area contributed by atoms with Gasteiger partial charge in [-0.05, 0) is 57.2 Å². The minimum absolute atomic E-state index is 0.204. The Bertz CT molecular complexity index is 927. The highest BCUT2D eigenvalue weighted by molar-refractivity contribution is 5.37. The van der Waals surface area contributed by atoms with Crippen molar-refractivity contribution in [2.75, 3.05) is 7.11 Å². The van der Waals surface area contributed by atoms with Gasteiger partial charge >= 0.3 is 0 Å². The van der Waals surface area contributed by atoms with E-state index in [-0.39, 0.29) is 6.10 Å². The third-order valence-electron chi connectivity index (χ3n) is 5.53. The van der Waals surface area contributed by atoms with Crippen molar-refractivity contribution in [2.24, 2.45) is 0 Å². The van der Waals surface area contributed by atoms with Crippen LogP contribution in [0.2, 0.25) is 0 Å². The van der Waals surface area contributed by atoms with Gasteiger partial charge in [-0.25, -0.2) is 4.98 Å². The lowest BCUT2D eigenvalue weighted by atomic mass is 9.86. The Hall–Kier alpha value is -2.73. The second-order valence-corrected chi connectivity index (χ2v) is 7.84. The summed E-state index contributed by atoms with van der Waals surface area (Å²) in [4.78, 5) is 4.37. The number of rotatable bonds is 6. The molecule has 0 bridgehead atoms. The molecule has 29 heavy (non-hydrogen) atoms. The third kappa shape index (κ3) is 4.48. The van der Waals surface area contributed by atoms with E-state index in [2.05, 4.69) is 50.9 Å². The fourth-order valence-corrected chi connectivity index (χ4v) is 3.93. The zero-order valence-electron chi connectivity index (χ0n) is 17.3. The minimum Gasteiger partial charge on any atom is -0.474 e. The van der Waals surface area contributed by atoms with Crippen LogP contribution in [0.15, 0.2) is 42.6 Å². The molecule has 6 heteroatoms. The number of nitrogens with zero attached hydrogens (tertiary/aromatic N) is 4. The molecule has 0 radical (unpaired) electrons. The Morgan fingerprint density at radius 1 is 0.931 bits per heavy atom. The summed E-state index contributed by atoms with van der Waals surface area (Å²) in [6.45, 7) is 4.57. The van der Waals surface area contributed by atoms with Gasteiger partial charge in [-0.2, -0.15) is 0 Å². The highest BCUT2D eigenvalue weighted by Crippen LogP contribution is 2.35. The predicted octanol–water partition coefficient (Wildman–Crippen LogP) is 4.53. The van der Waals surface area contributed by atoms with Gasteiger partial charge in [0.15, 0.2) is 5.82 Å². The van der Waals surface area contributed by atoms with Crippen molar-refractivity contribution in [1.29, 1.82) is 0 Å². The van der Waals surface area contributed by atoms with E-state index < -0.39 is 0 Å². The maximum Gasteiger partial charge on any atom is 0.213 e. The van der Waals surface area contributed by atoms with E-state index in [4.69, 9.17) is 9.47 Å². The Morgan fingerprint density at radius 2 is 1.66 bits per heavy atom. The van der Waals surface area contributed by atoms with E-state index in [9.17, 15) is 0 Å². The lowest BCUT2D eigenvalue weighted by Crippen LogP contribution is -2.25. The zero-order valence-corrected chi connectivity index (χ0v) is 17.3. The second-order valence-electron chi connectivity index (χ2n) is 7.84. The molecule has 0 aliphatic heterocycles. The maximum atomic E-state index is 6.09. The largest absolute Gasteiger partial charge is 0.474 e. The molecule has 3 aromatic rings. The summed E-state index contributed by atoms with van der Waals surface area (Å²) in [7, 11) is 1.69. The molecule has 2 heterocycles. The average Bonchev–Trinajstić information content (AvgIpc) is 3.15. The van der Waals surface area contributed by atoms with Crippen molar-refractivity contribution in [1.82, 2.24) is 19.7 Å². The van der Waals surface area contributed by atoms with Gasteiger partial charge in [0, 0.05) is 31.0 Å². The maximum absolute atomic E-state index is 6.09. The molecule has 152 valence electrons. The Balaban J connectivity index is 1.49. The first-order chi connectivity index (χ1) is 14.1. The SMILES string of the molecule is COCc1nnc([C@H]2CC[C@H](Oc3ccc(C)cn3)CC2)n1-c1ccc(C)cc1. The normalized spacial score (nSPS) is 19.3. The van der Waals surface area contributed by atoms with Crippen LogP contribution in [0.5, 0.6) is 5.88 Å². The van der Waals surface area contributed by atoms with Crippen molar-refractivity contribution in [3.05, 3.63) is 65.4 Å². The Morgan fingerprint density at radius 3 is 2.31 bits per heavy atom. The molecule has 1 fully saturated rings. The van der Waals surface area contributed by atoms with E-state index in [1.54, 1.807) is 7.11 Å². The van der Waals surface area contributed by atoms with Crippen molar-refractivity contribution in [3.8, 4) is 11.6 Å². The highest BCUT2D eigenvalue weighted by Gasteiger charge is 2.28. The third-order valence-corrected chi connectivity index (χ3v) is 5.53. The monoisotopic (exact) mass is 392 g/mol. The summed E-state index contributed by atoms with van der Waals surface area (Å²) in [5.74, 6) is 2.94. The van der Waals surface area contributed by atoms with Gasteiger partial charge in [0.25, 0.3) is 0 Å². The van der Waals surface area contributed by atoms with E-state index in [0.29, 0.717) is 18.4 Å². The molecule has 6 nitrogen and oxygen atoms in total. The van der Waals surface area contributed by atoms with E-state index in [1.165, 1.54) is 5.56 Å². The number of hydrogen-bond donors (Lipinski definition) is 0. The summed E-state index contributed by atoms with van der Waals surface area (Å²) in [5.41, 5.74) is 3.47. The standard InChI is InChI=1S/C23H28N4O2/c1-16-4-9-19(10-5-16)27-21(15-28-3)25-26-23(27)18-7-11-20(12-8-18)29-22-13-6-17(2)14-24-22/h4-6,9-10,13-14,18,20H,7-8,11-12,15H2,1-3H3/t18-,20-. The predicted molar refractivity (Wildman–Crippen MR) is 111 cm³/mol. The van der Waals surface area contributed by atoms with Gasteiger partial charge in [-0.15, -0.1) is 10.2 Å². The molecule has 0 unspecified atom stereocenters. The highest BCUT2D eigenvalue weighted by atomic mass is 16.5. The summed E-state index contributed by atoms with van der Waals surface area (Å²) >= 11 is 0. The summed E-state index contributed by atoms with van der Waals surface area (Å²) < 4.78 is 13.6. The Labute approximate surface area is 171 Å². The molecule has 0 spiro atoms. The first-order valence-corrected chi connectivity index (χ1v) is 10.2. The molecule has 1 aliphatic rings. The van der Waals surface area contributed by atoms with Crippen LogP contribution in [0.25, 0.3) is 5.69 Å². The van der Waals surface area contributed by atoms with Gasteiger partial charge in [-0.3, -0.25) is 4.57 Å². The molecule has 0 atom stereocenters. The van der Waals surface area contributed by atoms with Gasteiger partial charge in [-0.1, -0.05) is 23.8 Å². The number of aromatic nitrogens is 4. The number of pyridine rings is 1. The lowest BCUT2D eigenvalue weighted by Gasteiger charge is -2.28. The van der Waals surface area contributed by atoms with Gasteiger partial charge in [0.2, 0.25) is 5.88 Å². The second kappa shape index (κ2) is 8.74. The van der Waals surface area contributed by atoms with Crippen molar-refractivity contribution < 1.29 is 9.47 Å². The quantitative estimate of drug-likeness (QED) is 0.617. The molecule has 0 amide bonds. The molecule has 0 saturated heterocycles. The van der Waals surface area contributed by atoms with Crippen LogP contribution < -0.4 is 4.74 Å². The molecule has 1 saturated carbocycles. The number of methoxy groups -OCH3 is 1. The molecule has 1 aliphatic carbocycles. The fourth-order valence-electron chi connectivity index (χ4n) is 3.93. The summed E-state index contributed by atoms with van der Waals surface area (Å²) in [6.07, 6.45) is 6.07. The molecule has 0 N–H and O–H groups in total. The summed E-state index contributed by atoms with van der Waals surface area (Å²) in [6, 6.07) is 12.5.